The van der Waals surface area contributed by atoms with Gasteiger partial charge in [-0.3, -0.25) is 0 Å². The van der Waals surface area contributed by atoms with E-state index in [1.165, 1.54) is 6.08 Å². The highest BCUT2D eigenvalue weighted by atomic mass is 35.5. The summed E-state index contributed by atoms with van der Waals surface area (Å²) < 4.78 is 4.97. The zero-order chi connectivity index (χ0) is 15.9. The number of halogens is 2. The first-order valence-corrected chi connectivity index (χ1v) is 7.51. The molecular weight excluding hydrogens is 321 g/mol. The van der Waals surface area contributed by atoms with Crippen LogP contribution in [0.15, 0.2) is 54.6 Å². The van der Waals surface area contributed by atoms with Crippen LogP contribution in [0.3, 0.4) is 0 Å². The summed E-state index contributed by atoms with van der Waals surface area (Å²) in [6, 6.07) is 14.7. The minimum atomic E-state index is -0.408. The Morgan fingerprint density at radius 1 is 1.14 bits per heavy atom. The van der Waals surface area contributed by atoms with Gasteiger partial charge in [0, 0.05) is 11.8 Å². The minimum Gasteiger partial charge on any atom is -0.463 e. The van der Waals surface area contributed by atoms with Crippen molar-refractivity contribution in [2.45, 2.75) is 6.92 Å². The van der Waals surface area contributed by atoms with E-state index < -0.39 is 5.97 Å². The van der Waals surface area contributed by atoms with Crippen molar-refractivity contribution < 1.29 is 9.53 Å². The fraction of sp³-hybridized carbons (Fsp3) is 0.118. The molecule has 3 nitrogen and oxygen atoms in total. The van der Waals surface area contributed by atoms with Crippen molar-refractivity contribution in [2.24, 2.45) is 0 Å². The molecule has 0 fully saturated rings. The van der Waals surface area contributed by atoms with Gasteiger partial charge in [0.25, 0.3) is 0 Å². The van der Waals surface area contributed by atoms with E-state index in [1.54, 1.807) is 25.1 Å². The quantitative estimate of drug-likeness (QED) is 0.616. The van der Waals surface area contributed by atoms with E-state index in [0.29, 0.717) is 22.3 Å². The summed E-state index contributed by atoms with van der Waals surface area (Å²) in [6.45, 7) is 2.09. The zero-order valence-corrected chi connectivity index (χ0v) is 13.5. The van der Waals surface area contributed by atoms with Gasteiger partial charge in [0.05, 0.1) is 22.3 Å². The van der Waals surface area contributed by atoms with Crippen molar-refractivity contribution >= 4 is 40.6 Å². The standard InChI is InChI=1S/C17H15Cl2NO2/c1-2-22-17(21)11-16(12-6-4-3-5-7-12)20-13-8-9-14(18)15(19)10-13/h3-11,20H,2H2,1H3/b16-11-. The van der Waals surface area contributed by atoms with Crippen LogP contribution >= 0.6 is 23.2 Å². The van der Waals surface area contributed by atoms with Crippen molar-refractivity contribution in [1.29, 1.82) is 0 Å². The lowest BCUT2D eigenvalue weighted by molar-refractivity contribution is -0.137. The first-order valence-electron chi connectivity index (χ1n) is 6.76. The number of hydrogen-bond donors (Lipinski definition) is 1. The van der Waals surface area contributed by atoms with Gasteiger partial charge in [-0.25, -0.2) is 4.79 Å². The molecule has 0 aliphatic carbocycles. The monoisotopic (exact) mass is 335 g/mol. The number of benzene rings is 2. The maximum absolute atomic E-state index is 11.8. The van der Waals surface area contributed by atoms with E-state index in [-0.39, 0.29) is 0 Å². The van der Waals surface area contributed by atoms with Crippen LogP contribution in [0.4, 0.5) is 5.69 Å². The number of rotatable bonds is 5. The summed E-state index contributed by atoms with van der Waals surface area (Å²) in [6.07, 6.45) is 1.42. The smallest absolute Gasteiger partial charge is 0.332 e. The molecule has 0 saturated carbocycles. The third-order valence-corrected chi connectivity index (χ3v) is 3.57. The number of nitrogens with one attached hydrogen (secondary N) is 1. The van der Waals surface area contributed by atoms with Crippen LogP contribution in [-0.4, -0.2) is 12.6 Å². The van der Waals surface area contributed by atoms with Gasteiger partial charge in [0.2, 0.25) is 0 Å². The zero-order valence-electron chi connectivity index (χ0n) is 12.0. The van der Waals surface area contributed by atoms with Crippen LogP contribution in [0, 0.1) is 0 Å². The van der Waals surface area contributed by atoms with E-state index in [0.717, 1.165) is 11.3 Å². The molecular formula is C17H15Cl2NO2. The number of carbonyl (C=O) groups is 1. The minimum absolute atomic E-state index is 0.324. The van der Waals surface area contributed by atoms with Gasteiger partial charge in [0.15, 0.2) is 0 Å². The highest BCUT2D eigenvalue weighted by molar-refractivity contribution is 6.42. The Hall–Kier alpha value is -1.97. The van der Waals surface area contributed by atoms with Gasteiger partial charge < -0.3 is 10.1 Å². The highest BCUT2D eigenvalue weighted by Gasteiger charge is 2.07. The van der Waals surface area contributed by atoms with Crippen LogP contribution in [0.2, 0.25) is 10.0 Å². The van der Waals surface area contributed by atoms with E-state index >= 15 is 0 Å². The SMILES string of the molecule is CCOC(=O)/C=C(\Nc1ccc(Cl)c(Cl)c1)c1ccccc1. The maximum Gasteiger partial charge on any atom is 0.332 e. The summed E-state index contributed by atoms with van der Waals surface area (Å²) in [4.78, 5) is 11.8. The van der Waals surface area contributed by atoms with Crippen LogP contribution in [0.1, 0.15) is 12.5 Å². The summed E-state index contributed by atoms with van der Waals surface area (Å²) in [5, 5.41) is 4.08. The molecule has 0 radical (unpaired) electrons. The van der Waals surface area contributed by atoms with Gasteiger partial charge in [-0.15, -0.1) is 0 Å². The lowest BCUT2D eigenvalue weighted by Crippen LogP contribution is -2.05. The topological polar surface area (TPSA) is 38.3 Å². The number of anilines is 1. The van der Waals surface area contributed by atoms with E-state index in [2.05, 4.69) is 5.32 Å². The molecule has 0 bridgehead atoms. The van der Waals surface area contributed by atoms with E-state index in [4.69, 9.17) is 27.9 Å². The second kappa shape index (κ2) is 7.87. The predicted molar refractivity (Wildman–Crippen MR) is 91.1 cm³/mol. The Morgan fingerprint density at radius 2 is 1.86 bits per heavy atom. The summed E-state index contributed by atoms with van der Waals surface area (Å²) in [7, 11) is 0. The normalized spacial score (nSPS) is 11.1. The second-order valence-electron chi connectivity index (χ2n) is 4.43. The Bertz CT molecular complexity index is 684. The molecule has 1 N–H and O–H groups in total. The van der Waals surface area contributed by atoms with Crippen molar-refractivity contribution in [3.05, 3.63) is 70.2 Å². The fourth-order valence-electron chi connectivity index (χ4n) is 1.84. The molecule has 0 atom stereocenters. The second-order valence-corrected chi connectivity index (χ2v) is 5.24. The molecule has 2 aromatic carbocycles. The van der Waals surface area contributed by atoms with Crippen LogP contribution in [0.25, 0.3) is 5.70 Å². The van der Waals surface area contributed by atoms with Crippen molar-refractivity contribution in [2.75, 3.05) is 11.9 Å². The molecule has 2 aromatic rings. The van der Waals surface area contributed by atoms with Crippen LogP contribution < -0.4 is 5.32 Å². The van der Waals surface area contributed by atoms with Crippen LogP contribution in [0.5, 0.6) is 0 Å². The Labute approximate surface area is 139 Å². The Balaban J connectivity index is 2.32. The van der Waals surface area contributed by atoms with Gasteiger partial charge in [0.1, 0.15) is 0 Å². The van der Waals surface area contributed by atoms with E-state index in [1.807, 2.05) is 30.3 Å². The first-order chi connectivity index (χ1) is 10.6. The number of hydrogen-bond acceptors (Lipinski definition) is 3. The van der Waals surface area contributed by atoms with Crippen molar-refractivity contribution in [3.8, 4) is 0 Å². The van der Waals surface area contributed by atoms with E-state index in [9.17, 15) is 4.79 Å². The predicted octanol–water partition coefficient (Wildman–Crippen LogP) is 5.01. The Kier molecular flexibility index (Phi) is 5.87. The van der Waals surface area contributed by atoms with Gasteiger partial charge in [-0.1, -0.05) is 53.5 Å². The molecule has 114 valence electrons. The maximum atomic E-state index is 11.8. The van der Waals surface area contributed by atoms with Crippen LogP contribution in [-0.2, 0) is 9.53 Å². The van der Waals surface area contributed by atoms with Gasteiger partial charge in [-0.05, 0) is 30.7 Å². The Morgan fingerprint density at radius 3 is 2.50 bits per heavy atom. The van der Waals surface area contributed by atoms with Crippen molar-refractivity contribution in [3.63, 3.8) is 0 Å². The summed E-state index contributed by atoms with van der Waals surface area (Å²) in [5.74, 6) is -0.408. The highest BCUT2D eigenvalue weighted by Crippen LogP contribution is 2.27. The number of esters is 1. The van der Waals surface area contributed by atoms with Gasteiger partial charge >= 0.3 is 5.97 Å². The fourth-order valence-corrected chi connectivity index (χ4v) is 2.14. The molecule has 0 heterocycles. The third-order valence-electron chi connectivity index (χ3n) is 2.83. The number of carbonyl (C=O) groups excluding carboxylic acids is 1. The molecule has 0 saturated heterocycles. The largest absolute Gasteiger partial charge is 0.463 e. The molecule has 2 rings (SSSR count). The van der Waals surface area contributed by atoms with Crippen molar-refractivity contribution in [1.82, 2.24) is 0 Å². The lowest BCUT2D eigenvalue weighted by atomic mass is 10.1. The molecule has 0 unspecified atom stereocenters. The molecule has 5 heteroatoms. The molecule has 22 heavy (non-hydrogen) atoms. The lowest BCUT2D eigenvalue weighted by Gasteiger charge is -2.12. The molecule has 0 aliphatic heterocycles. The molecule has 0 amide bonds. The summed E-state index contributed by atoms with van der Waals surface area (Å²) in [5.41, 5.74) is 2.22. The summed E-state index contributed by atoms with van der Waals surface area (Å²) >= 11 is 11.9. The molecule has 0 aliphatic rings. The van der Waals surface area contributed by atoms with Gasteiger partial charge in [-0.2, -0.15) is 0 Å². The average Bonchev–Trinajstić information content (AvgIpc) is 2.51. The average molecular weight is 336 g/mol. The number of ether oxygens (including phenoxy) is 1. The third kappa shape index (κ3) is 4.52. The molecule has 0 spiro atoms. The first kappa shape index (κ1) is 16.4. The molecule has 0 aromatic heterocycles.